The minimum absolute atomic E-state index is 0.0918. The number of ether oxygens (including phenoxy) is 1. The van der Waals surface area contributed by atoms with E-state index in [1.165, 1.54) is 6.08 Å². The summed E-state index contributed by atoms with van der Waals surface area (Å²) in [7, 11) is 1.58. The van der Waals surface area contributed by atoms with Crippen molar-refractivity contribution in [2.45, 2.75) is 38.6 Å². The van der Waals surface area contributed by atoms with Gasteiger partial charge < -0.3 is 15.8 Å². The summed E-state index contributed by atoms with van der Waals surface area (Å²) in [5.74, 6) is 0.310. The predicted molar refractivity (Wildman–Crippen MR) is 52.0 cm³/mol. The second kappa shape index (κ2) is 5.85. The van der Waals surface area contributed by atoms with E-state index in [1.54, 1.807) is 20.9 Å². The smallest absolute Gasteiger partial charge is 0.403 e. The quantitative estimate of drug-likeness (QED) is 0.702. The van der Waals surface area contributed by atoms with Crippen LogP contribution < -0.4 is 11.1 Å². The summed E-state index contributed by atoms with van der Waals surface area (Å²) in [5, 5.41) is 2.66. The third-order valence-corrected chi connectivity index (χ3v) is 1.59. The van der Waals surface area contributed by atoms with E-state index >= 15 is 0 Å². The lowest BCUT2D eigenvalue weighted by Crippen LogP contribution is -2.36. The second-order valence-electron chi connectivity index (χ2n) is 3.37. The highest BCUT2D eigenvalue weighted by molar-refractivity contribution is 4.93. The van der Waals surface area contributed by atoms with Crippen LogP contribution in [-0.2, 0) is 4.74 Å². The van der Waals surface area contributed by atoms with Gasteiger partial charge in [0.05, 0.1) is 6.10 Å². The standard InChI is InChI=1S/C9H17F3N2O/c1-6(2)15-8(14-3)5-4-7(13)9(10,11)12/h5-7,14H,4,13H2,1-3H3/b8-5+. The minimum atomic E-state index is -4.37. The number of halogens is 3. The SMILES string of the molecule is CN/C(=C\CC(N)C(F)(F)F)OC(C)C. The van der Waals surface area contributed by atoms with Crippen molar-refractivity contribution in [3.05, 3.63) is 12.0 Å². The van der Waals surface area contributed by atoms with Crippen molar-refractivity contribution in [2.75, 3.05) is 7.05 Å². The van der Waals surface area contributed by atoms with Crippen molar-refractivity contribution < 1.29 is 17.9 Å². The molecule has 0 aliphatic rings. The topological polar surface area (TPSA) is 47.3 Å². The molecule has 3 N–H and O–H groups in total. The van der Waals surface area contributed by atoms with Crippen molar-refractivity contribution in [1.29, 1.82) is 0 Å². The van der Waals surface area contributed by atoms with Gasteiger partial charge in [0.25, 0.3) is 0 Å². The van der Waals surface area contributed by atoms with Gasteiger partial charge in [0.2, 0.25) is 0 Å². The van der Waals surface area contributed by atoms with Crippen LogP contribution in [0.2, 0.25) is 0 Å². The molecule has 0 aromatic heterocycles. The van der Waals surface area contributed by atoms with E-state index in [4.69, 9.17) is 10.5 Å². The van der Waals surface area contributed by atoms with Gasteiger partial charge in [-0.1, -0.05) is 0 Å². The van der Waals surface area contributed by atoms with Crippen molar-refractivity contribution in [3.8, 4) is 0 Å². The highest BCUT2D eigenvalue weighted by Gasteiger charge is 2.35. The summed E-state index contributed by atoms with van der Waals surface area (Å²) >= 11 is 0. The summed E-state index contributed by atoms with van der Waals surface area (Å²) in [4.78, 5) is 0. The lowest BCUT2D eigenvalue weighted by Gasteiger charge is -2.16. The van der Waals surface area contributed by atoms with Crippen LogP contribution in [0, 0.1) is 0 Å². The van der Waals surface area contributed by atoms with Crippen molar-refractivity contribution >= 4 is 0 Å². The van der Waals surface area contributed by atoms with Gasteiger partial charge in [0, 0.05) is 7.05 Å². The van der Waals surface area contributed by atoms with Gasteiger partial charge in [-0.05, 0) is 26.3 Å². The lowest BCUT2D eigenvalue weighted by atomic mass is 10.2. The fourth-order valence-electron chi connectivity index (χ4n) is 0.831. The largest absolute Gasteiger partial charge is 0.477 e. The van der Waals surface area contributed by atoms with Gasteiger partial charge in [-0.3, -0.25) is 0 Å². The van der Waals surface area contributed by atoms with Gasteiger partial charge in [-0.15, -0.1) is 0 Å². The Labute approximate surface area is 87.5 Å². The van der Waals surface area contributed by atoms with Crippen LogP contribution in [0.1, 0.15) is 20.3 Å². The van der Waals surface area contributed by atoms with E-state index in [0.29, 0.717) is 5.88 Å². The molecule has 0 bridgehead atoms. The second-order valence-corrected chi connectivity index (χ2v) is 3.37. The molecule has 3 nitrogen and oxygen atoms in total. The third kappa shape index (κ3) is 6.22. The van der Waals surface area contributed by atoms with Gasteiger partial charge in [0.1, 0.15) is 6.04 Å². The van der Waals surface area contributed by atoms with Crippen LogP contribution in [0.3, 0.4) is 0 Å². The van der Waals surface area contributed by atoms with Crippen LogP contribution in [0.25, 0.3) is 0 Å². The number of hydrogen-bond acceptors (Lipinski definition) is 3. The Morgan fingerprint density at radius 1 is 1.47 bits per heavy atom. The molecule has 0 saturated carbocycles. The first-order chi connectivity index (χ1) is 6.77. The number of nitrogens with two attached hydrogens (primary N) is 1. The van der Waals surface area contributed by atoms with E-state index in [0.717, 1.165) is 0 Å². The number of rotatable bonds is 5. The lowest BCUT2D eigenvalue weighted by molar-refractivity contribution is -0.146. The Bertz CT molecular complexity index is 214. The molecule has 1 unspecified atom stereocenters. The molecule has 0 rings (SSSR count). The molecular formula is C9H17F3N2O. The van der Waals surface area contributed by atoms with Crippen molar-refractivity contribution in [3.63, 3.8) is 0 Å². The number of nitrogens with one attached hydrogen (secondary N) is 1. The molecule has 0 aliphatic carbocycles. The molecule has 0 aromatic carbocycles. The molecule has 0 amide bonds. The molecule has 0 aromatic rings. The molecule has 90 valence electrons. The molecule has 0 radical (unpaired) electrons. The highest BCUT2D eigenvalue weighted by atomic mass is 19.4. The van der Waals surface area contributed by atoms with E-state index in [-0.39, 0.29) is 12.5 Å². The summed E-state index contributed by atoms with van der Waals surface area (Å²) in [6.07, 6.45) is -3.46. The molecule has 0 heterocycles. The fourth-order valence-corrected chi connectivity index (χ4v) is 0.831. The third-order valence-electron chi connectivity index (χ3n) is 1.59. The Hall–Kier alpha value is -0.910. The van der Waals surface area contributed by atoms with E-state index in [1.807, 2.05) is 0 Å². The molecule has 6 heteroatoms. The first-order valence-corrected chi connectivity index (χ1v) is 4.64. The van der Waals surface area contributed by atoms with E-state index in [9.17, 15) is 13.2 Å². The maximum absolute atomic E-state index is 12.1. The molecule has 0 saturated heterocycles. The van der Waals surface area contributed by atoms with Crippen molar-refractivity contribution in [1.82, 2.24) is 5.32 Å². The molecule has 1 atom stereocenters. The van der Waals surface area contributed by atoms with Crippen molar-refractivity contribution in [2.24, 2.45) is 5.73 Å². The summed E-state index contributed by atoms with van der Waals surface area (Å²) in [6, 6.07) is -1.85. The maximum Gasteiger partial charge on any atom is 0.403 e. The Kier molecular flexibility index (Phi) is 5.49. The first-order valence-electron chi connectivity index (χ1n) is 4.64. The zero-order valence-corrected chi connectivity index (χ0v) is 9.06. The summed E-state index contributed by atoms with van der Waals surface area (Å²) < 4.78 is 41.3. The van der Waals surface area contributed by atoms with Crippen LogP contribution in [0.4, 0.5) is 13.2 Å². The maximum atomic E-state index is 12.1. The van der Waals surface area contributed by atoms with Gasteiger partial charge in [-0.25, -0.2) is 0 Å². The average Bonchev–Trinajstić information content (AvgIpc) is 2.09. The van der Waals surface area contributed by atoms with E-state index in [2.05, 4.69) is 5.32 Å². The zero-order valence-electron chi connectivity index (χ0n) is 9.06. The van der Waals surface area contributed by atoms with E-state index < -0.39 is 12.2 Å². The summed E-state index contributed by atoms with van der Waals surface area (Å²) in [5.41, 5.74) is 4.93. The number of alkyl halides is 3. The fraction of sp³-hybridized carbons (Fsp3) is 0.778. The molecular weight excluding hydrogens is 209 g/mol. The van der Waals surface area contributed by atoms with Gasteiger partial charge in [0.15, 0.2) is 5.88 Å². The Morgan fingerprint density at radius 2 is 2.00 bits per heavy atom. The monoisotopic (exact) mass is 226 g/mol. The normalized spacial score (nSPS) is 15.3. The zero-order chi connectivity index (χ0) is 12.1. The van der Waals surface area contributed by atoms with Crippen LogP contribution in [-0.4, -0.2) is 25.4 Å². The van der Waals surface area contributed by atoms with Crippen LogP contribution in [0.15, 0.2) is 12.0 Å². The van der Waals surface area contributed by atoms with Gasteiger partial charge >= 0.3 is 6.18 Å². The first kappa shape index (κ1) is 14.1. The number of hydrogen-bond donors (Lipinski definition) is 2. The minimum Gasteiger partial charge on any atom is -0.477 e. The summed E-state index contributed by atoms with van der Waals surface area (Å²) in [6.45, 7) is 3.57. The average molecular weight is 226 g/mol. The molecule has 15 heavy (non-hydrogen) atoms. The highest BCUT2D eigenvalue weighted by Crippen LogP contribution is 2.21. The van der Waals surface area contributed by atoms with Crippen LogP contribution in [0.5, 0.6) is 0 Å². The van der Waals surface area contributed by atoms with Gasteiger partial charge in [-0.2, -0.15) is 13.2 Å². The Morgan fingerprint density at radius 3 is 2.33 bits per heavy atom. The predicted octanol–water partition coefficient (Wildman–Crippen LogP) is 1.75. The molecule has 0 fully saturated rings. The Balaban J connectivity index is 4.22. The molecule has 0 spiro atoms. The van der Waals surface area contributed by atoms with Crippen LogP contribution >= 0.6 is 0 Å². The molecule has 0 aliphatic heterocycles.